The molecule has 25 heavy (non-hydrogen) atoms. The summed E-state index contributed by atoms with van der Waals surface area (Å²) >= 11 is 0. The Hall–Kier alpha value is -1.67. The smallest absolute Gasteiger partial charge is 0.308 e. The summed E-state index contributed by atoms with van der Waals surface area (Å²) < 4.78 is 42.2. The van der Waals surface area contributed by atoms with Crippen LogP contribution in [0.5, 0.6) is 0 Å². The topological polar surface area (TPSA) is 52.6 Å². The molecule has 1 aliphatic heterocycles. The van der Waals surface area contributed by atoms with Crippen LogP contribution in [0.1, 0.15) is 12.0 Å². The highest BCUT2D eigenvalue weighted by molar-refractivity contribution is 7.90. The predicted molar refractivity (Wildman–Crippen MR) is 100 cm³/mol. The van der Waals surface area contributed by atoms with Crippen LogP contribution >= 0.6 is 12.4 Å². The van der Waals surface area contributed by atoms with Crippen molar-refractivity contribution in [3.05, 3.63) is 59.9 Å². The summed E-state index contributed by atoms with van der Waals surface area (Å²) in [5.41, 5.74) is 1.98. The summed E-state index contributed by atoms with van der Waals surface area (Å²) in [6.07, 6.45) is 0.717. The van der Waals surface area contributed by atoms with Gasteiger partial charge in [0, 0.05) is 13.1 Å². The number of rotatable bonds is 5. The number of hydrogen-bond donors (Lipinski definition) is 1. The molecule has 3 rings (SSSR count). The van der Waals surface area contributed by atoms with Crippen LogP contribution in [0.2, 0.25) is 0 Å². The summed E-state index contributed by atoms with van der Waals surface area (Å²) in [5.74, 6) is -0.396. The molecule has 8 heteroatoms. The quantitative estimate of drug-likeness (QED) is 0.805. The average molecular weight is 386 g/mol. The standard InChI is InChI=1S/C17H20FN3O2S.ClH/c1-19-11-4-12-20-13-14-5-2-3-6-17(14)21(24(20,22)23)16-9-7-15(18)8-10-16;/h2-3,5-10,19H,4,11-13H2,1H3;1H. The highest BCUT2D eigenvalue weighted by Gasteiger charge is 2.37. The van der Waals surface area contributed by atoms with Gasteiger partial charge < -0.3 is 5.32 Å². The third-order valence-electron chi connectivity index (χ3n) is 4.01. The summed E-state index contributed by atoms with van der Waals surface area (Å²) in [5, 5.41) is 3.03. The summed E-state index contributed by atoms with van der Waals surface area (Å²) in [7, 11) is -1.87. The van der Waals surface area contributed by atoms with E-state index in [1.54, 1.807) is 6.07 Å². The van der Waals surface area contributed by atoms with Crippen LogP contribution in [-0.2, 0) is 16.8 Å². The van der Waals surface area contributed by atoms with Crippen molar-refractivity contribution in [1.82, 2.24) is 9.62 Å². The maximum atomic E-state index is 13.2. The third kappa shape index (κ3) is 3.95. The zero-order valence-electron chi connectivity index (χ0n) is 13.9. The minimum Gasteiger partial charge on any atom is -0.320 e. The SMILES string of the molecule is CNCCCN1Cc2ccccc2N(c2ccc(F)cc2)S1(=O)=O.Cl. The van der Waals surface area contributed by atoms with E-state index in [1.165, 1.54) is 32.9 Å². The van der Waals surface area contributed by atoms with Crippen molar-refractivity contribution in [2.75, 3.05) is 24.4 Å². The molecule has 0 aliphatic carbocycles. The maximum absolute atomic E-state index is 13.2. The highest BCUT2D eigenvalue weighted by atomic mass is 35.5. The zero-order valence-corrected chi connectivity index (χ0v) is 15.5. The molecule has 0 bridgehead atoms. The van der Waals surface area contributed by atoms with E-state index >= 15 is 0 Å². The monoisotopic (exact) mass is 385 g/mol. The molecule has 0 unspecified atom stereocenters. The molecule has 0 saturated carbocycles. The van der Waals surface area contributed by atoms with E-state index in [4.69, 9.17) is 0 Å². The van der Waals surface area contributed by atoms with Crippen LogP contribution in [0.15, 0.2) is 48.5 Å². The van der Waals surface area contributed by atoms with Gasteiger partial charge in [0.25, 0.3) is 0 Å². The first-order valence-corrected chi connectivity index (χ1v) is 9.22. The first kappa shape index (κ1) is 19.7. The van der Waals surface area contributed by atoms with Crippen LogP contribution in [0.25, 0.3) is 0 Å². The molecule has 0 saturated heterocycles. The van der Waals surface area contributed by atoms with Crippen molar-refractivity contribution in [2.24, 2.45) is 0 Å². The Bertz CT molecular complexity index is 815. The molecule has 0 radical (unpaired) electrons. The van der Waals surface area contributed by atoms with Gasteiger partial charge in [-0.2, -0.15) is 12.7 Å². The van der Waals surface area contributed by atoms with Gasteiger partial charge in [-0.1, -0.05) is 18.2 Å². The van der Waals surface area contributed by atoms with Crippen molar-refractivity contribution < 1.29 is 12.8 Å². The minimum absolute atomic E-state index is 0. The fraction of sp³-hybridized carbons (Fsp3) is 0.294. The minimum atomic E-state index is -3.71. The van der Waals surface area contributed by atoms with E-state index in [9.17, 15) is 12.8 Å². The lowest BCUT2D eigenvalue weighted by molar-refractivity contribution is 0.392. The molecule has 0 aromatic heterocycles. The molecule has 1 aliphatic rings. The van der Waals surface area contributed by atoms with Crippen molar-refractivity contribution in [1.29, 1.82) is 0 Å². The summed E-state index contributed by atoms with van der Waals surface area (Å²) in [4.78, 5) is 0. The van der Waals surface area contributed by atoms with Crippen LogP contribution in [0.3, 0.4) is 0 Å². The second-order valence-corrected chi connectivity index (χ2v) is 7.45. The van der Waals surface area contributed by atoms with Crippen LogP contribution < -0.4 is 9.62 Å². The molecule has 0 atom stereocenters. The number of fused-ring (bicyclic) bond motifs is 1. The molecule has 0 spiro atoms. The van der Waals surface area contributed by atoms with Crippen molar-refractivity contribution in [3.8, 4) is 0 Å². The molecular weight excluding hydrogens is 365 g/mol. The Balaban J connectivity index is 0.00000225. The van der Waals surface area contributed by atoms with Gasteiger partial charge in [0.15, 0.2) is 0 Å². The second kappa shape index (κ2) is 8.14. The normalized spacial score (nSPS) is 16.2. The van der Waals surface area contributed by atoms with Crippen molar-refractivity contribution in [2.45, 2.75) is 13.0 Å². The number of anilines is 2. The van der Waals surface area contributed by atoms with Gasteiger partial charge in [0.1, 0.15) is 5.82 Å². The Kier molecular flexibility index (Phi) is 6.40. The Morgan fingerprint density at radius 3 is 2.48 bits per heavy atom. The summed E-state index contributed by atoms with van der Waals surface area (Å²) in [6.45, 7) is 1.51. The molecule has 1 heterocycles. The van der Waals surface area contributed by atoms with Crippen molar-refractivity contribution >= 4 is 34.0 Å². The van der Waals surface area contributed by atoms with Crippen LogP contribution in [0.4, 0.5) is 15.8 Å². The van der Waals surface area contributed by atoms with Crippen LogP contribution in [0, 0.1) is 5.82 Å². The molecule has 136 valence electrons. The number of nitrogens with one attached hydrogen (secondary N) is 1. The number of halogens is 2. The van der Waals surface area contributed by atoms with Gasteiger partial charge in [-0.3, -0.25) is 0 Å². The molecule has 2 aromatic carbocycles. The van der Waals surface area contributed by atoms with E-state index in [0.29, 0.717) is 24.5 Å². The molecule has 1 N–H and O–H groups in total. The molecule has 2 aromatic rings. The highest BCUT2D eigenvalue weighted by Crippen LogP contribution is 2.38. The van der Waals surface area contributed by atoms with Gasteiger partial charge in [0.05, 0.1) is 11.4 Å². The number of hydrogen-bond acceptors (Lipinski definition) is 3. The number of para-hydroxylation sites is 1. The van der Waals surface area contributed by atoms with E-state index in [0.717, 1.165) is 18.5 Å². The fourth-order valence-electron chi connectivity index (χ4n) is 2.83. The van der Waals surface area contributed by atoms with Gasteiger partial charge in [-0.05, 0) is 55.9 Å². The zero-order chi connectivity index (χ0) is 17.2. The third-order valence-corrected chi connectivity index (χ3v) is 5.84. The summed E-state index contributed by atoms with van der Waals surface area (Å²) in [6, 6.07) is 12.9. The molecule has 0 amide bonds. The van der Waals surface area contributed by atoms with Gasteiger partial charge in [-0.15, -0.1) is 12.4 Å². The van der Waals surface area contributed by atoms with Crippen molar-refractivity contribution in [3.63, 3.8) is 0 Å². The second-order valence-electron chi connectivity index (χ2n) is 5.67. The van der Waals surface area contributed by atoms with Crippen LogP contribution in [-0.4, -0.2) is 32.9 Å². The van der Waals surface area contributed by atoms with Gasteiger partial charge in [-0.25, -0.2) is 8.70 Å². The molecular formula is C17H21ClFN3O2S. The van der Waals surface area contributed by atoms with E-state index in [2.05, 4.69) is 5.32 Å². The average Bonchev–Trinajstić information content (AvgIpc) is 2.56. The lowest BCUT2D eigenvalue weighted by atomic mass is 10.1. The first-order valence-electron chi connectivity index (χ1n) is 7.82. The van der Waals surface area contributed by atoms with E-state index in [-0.39, 0.29) is 12.4 Å². The Morgan fingerprint density at radius 1 is 1.12 bits per heavy atom. The van der Waals surface area contributed by atoms with Gasteiger partial charge >= 0.3 is 10.2 Å². The number of benzene rings is 2. The number of nitrogens with zero attached hydrogens (tertiary/aromatic N) is 2. The lowest BCUT2D eigenvalue weighted by Gasteiger charge is -2.37. The lowest BCUT2D eigenvalue weighted by Crippen LogP contribution is -2.46. The molecule has 0 fully saturated rings. The Morgan fingerprint density at radius 2 is 1.80 bits per heavy atom. The predicted octanol–water partition coefficient (Wildman–Crippen LogP) is 3.06. The first-order chi connectivity index (χ1) is 11.5. The van der Waals surface area contributed by atoms with Gasteiger partial charge in [0.2, 0.25) is 0 Å². The van der Waals surface area contributed by atoms with E-state index in [1.807, 2.05) is 25.2 Å². The molecule has 5 nitrogen and oxygen atoms in total. The largest absolute Gasteiger partial charge is 0.320 e. The van der Waals surface area contributed by atoms with E-state index < -0.39 is 16.0 Å². The Labute approximate surface area is 154 Å². The maximum Gasteiger partial charge on any atom is 0.308 e. The fourth-order valence-corrected chi connectivity index (χ4v) is 4.54.